The minimum absolute atomic E-state index is 0.0736. The summed E-state index contributed by atoms with van der Waals surface area (Å²) in [7, 11) is 3.64. The van der Waals surface area contributed by atoms with Crippen molar-refractivity contribution >= 4 is 35.6 Å². The number of nitrogens with zero attached hydrogens (tertiary/aromatic N) is 1. The number of rotatable bonds is 18. The molecule has 0 spiro atoms. The van der Waals surface area contributed by atoms with E-state index in [2.05, 4.69) is 16.0 Å². The van der Waals surface area contributed by atoms with Crippen LogP contribution in [0.2, 0.25) is 0 Å². The average molecular weight is 573 g/mol. The van der Waals surface area contributed by atoms with Crippen LogP contribution in [-0.2, 0) is 43.0 Å². The van der Waals surface area contributed by atoms with Gasteiger partial charge in [-0.15, -0.1) is 0 Å². The Labute approximate surface area is 237 Å². The fraction of sp³-hybridized carbons (Fsp3) is 0.778. The number of hydrogen-bond donors (Lipinski definition) is 3. The lowest BCUT2D eigenvalue weighted by molar-refractivity contribution is -0.146. The molecular weight excluding hydrogens is 524 g/mol. The van der Waals surface area contributed by atoms with Crippen molar-refractivity contribution in [3.8, 4) is 0 Å². The fourth-order valence-corrected chi connectivity index (χ4v) is 3.98. The molecule has 13 nitrogen and oxygen atoms in total. The SMILES string of the molecule is COC(=O)[C@H](CC(C)C)NC(=O)CN(CC(=O)N[C@@H](CC(C)C)C(=O)OC)CC(=O)N[C@@H](CC(C)C)C(=O)OC. The van der Waals surface area contributed by atoms with Crippen LogP contribution >= 0.6 is 0 Å². The highest BCUT2D eigenvalue weighted by molar-refractivity contribution is 5.89. The molecule has 3 atom stereocenters. The van der Waals surface area contributed by atoms with Crippen molar-refractivity contribution in [2.75, 3.05) is 41.0 Å². The molecular formula is C27H48N4O9. The molecule has 0 rings (SSSR count). The van der Waals surface area contributed by atoms with Crippen molar-refractivity contribution in [3.05, 3.63) is 0 Å². The van der Waals surface area contributed by atoms with Crippen LogP contribution in [0.5, 0.6) is 0 Å². The first-order chi connectivity index (χ1) is 18.6. The maximum absolute atomic E-state index is 12.9. The summed E-state index contributed by atoms with van der Waals surface area (Å²) in [5.41, 5.74) is 0. The Hall–Kier alpha value is -3.22. The zero-order valence-corrected chi connectivity index (χ0v) is 25.3. The van der Waals surface area contributed by atoms with Gasteiger partial charge in [0.25, 0.3) is 0 Å². The molecule has 13 heteroatoms. The van der Waals surface area contributed by atoms with Crippen LogP contribution in [0.25, 0.3) is 0 Å². The van der Waals surface area contributed by atoms with Crippen LogP contribution in [0.4, 0.5) is 0 Å². The van der Waals surface area contributed by atoms with Crippen molar-refractivity contribution in [2.45, 2.75) is 78.9 Å². The monoisotopic (exact) mass is 572 g/mol. The number of carbonyl (C=O) groups is 6. The molecule has 230 valence electrons. The number of ether oxygens (including phenoxy) is 3. The Bertz CT molecular complexity index is 752. The summed E-state index contributed by atoms with van der Waals surface area (Å²) in [6.07, 6.45) is 0.974. The van der Waals surface area contributed by atoms with Crippen LogP contribution in [-0.4, -0.2) is 99.6 Å². The number of amides is 3. The molecule has 0 aromatic rings. The highest BCUT2D eigenvalue weighted by Gasteiger charge is 2.28. The zero-order valence-electron chi connectivity index (χ0n) is 25.3. The van der Waals surface area contributed by atoms with Gasteiger partial charge in [-0.05, 0) is 37.0 Å². The highest BCUT2D eigenvalue weighted by Crippen LogP contribution is 2.09. The minimum Gasteiger partial charge on any atom is -0.467 e. The Kier molecular flexibility index (Phi) is 17.4. The summed E-state index contributed by atoms with van der Waals surface area (Å²) in [6, 6.07) is -2.73. The lowest BCUT2D eigenvalue weighted by Gasteiger charge is -2.25. The summed E-state index contributed by atoms with van der Waals surface area (Å²) < 4.78 is 14.3. The number of hydrogen-bond acceptors (Lipinski definition) is 10. The van der Waals surface area contributed by atoms with Gasteiger partial charge >= 0.3 is 17.9 Å². The third kappa shape index (κ3) is 15.4. The van der Waals surface area contributed by atoms with Gasteiger partial charge in [0.15, 0.2) is 0 Å². The van der Waals surface area contributed by atoms with Crippen LogP contribution in [0.1, 0.15) is 60.8 Å². The minimum atomic E-state index is -0.911. The zero-order chi connectivity index (χ0) is 31.0. The maximum atomic E-state index is 12.9. The van der Waals surface area contributed by atoms with Gasteiger partial charge in [-0.3, -0.25) is 19.3 Å². The van der Waals surface area contributed by atoms with E-state index < -0.39 is 73.4 Å². The van der Waals surface area contributed by atoms with E-state index in [1.165, 1.54) is 26.2 Å². The summed E-state index contributed by atoms with van der Waals surface area (Å²) in [5.74, 6) is -3.48. The summed E-state index contributed by atoms with van der Waals surface area (Å²) >= 11 is 0. The van der Waals surface area contributed by atoms with Crippen LogP contribution < -0.4 is 16.0 Å². The van der Waals surface area contributed by atoms with Crippen molar-refractivity contribution in [1.82, 2.24) is 20.9 Å². The number of nitrogens with one attached hydrogen (secondary N) is 3. The topological polar surface area (TPSA) is 169 Å². The van der Waals surface area contributed by atoms with Gasteiger partial charge in [-0.1, -0.05) is 41.5 Å². The van der Waals surface area contributed by atoms with Gasteiger partial charge in [0, 0.05) is 0 Å². The lowest BCUT2D eigenvalue weighted by Crippen LogP contribution is -2.53. The van der Waals surface area contributed by atoms with Crippen molar-refractivity contribution in [2.24, 2.45) is 17.8 Å². The molecule has 0 fully saturated rings. The molecule has 0 heterocycles. The molecule has 0 unspecified atom stereocenters. The normalized spacial score (nSPS) is 13.4. The summed E-state index contributed by atoms with van der Waals surface area (Å²) in [6.45, 7) is 10.0. The van der Waals surface area contributed by atoms with Crippen molar-refractivity contribution in [1.29, 1.82) is 0 Å². The predicted molar refractivity (Wildman–Crippen MR) is 147 cm³/mol. The fourth-order valence-electron chi connectivity index (χ4n) is 3.98. The molecule has 0 aliphatic heterocycles. The average Bonchev–Trinajstić information content (AvgIpc) is 2.84. The van der Waals surface area contributed by atoms with E-state index in [0.717, 1.165) is 0 Å². The molecule has 0 aromatic heterocycles. The van der Waals surface area contributed by atoms with E-state index in [4.69, 9.17) is 14.2 Å². The molecule has 0 radical (unpaired) electrons. The molecule has 3 N–H and O–H groups in total. The third-order valence-electron chi connectivity index (χ3n) is 5.69. The Morgan fingerprint density at radius 3 is 0.900 bits per heavy atom. The van der Waals surface area contributed by atoms with Crippen LogP contribution in [0.3, 0.4) is 0 Å². The van der Waals surface area contributed by atoms with E-state index in [1.807, 2.05) is 41.5 Å². The standard InChI is InChI=1S/C27H48N4O9/c1-16(2)10-19(25(35)38-7)28-22(32)13-31(14-23(33)29-20(11-17(3)4)26(36)39-8)15-24(34)30-21(12-18(5)6)27(37)40-9/h16-21H,10-15H2,1-9H3,(H,28,32)(H,29,33)(H,30,34)/t19-,20-,21-/m0/s1. The molecule has 0 aliphatic carbocycles. The second-order valence-corrected chi connectivity index (χ2v) is 11.0. The number of carbonyl (C=O) groups excluding carboxylic acids is 6. The lowest BCUT2D eigenvalue weighted by atomic mass is 10.0. The molecule has 40 heavy (non-hydrogen) atoms. The molecule has 0 aliphatic rings. The van der Waals surface area contributed by atoms with Gasteiger partial charge in [-0.2, -0.15) is 0 Å². The molecule has 0 aromatic carbocycles. The maximum Gasteiger partial charge on any atom is 0.328 e. The van der Waals surface area contributed by atoms with Crippen molar-refractivity contribution < 1.29 is 43.0 Å². The summed E-state index contributed by atoms with van der Waals surface area (Å²) in [5, 5.41) is 7.79. The quantitative estimate of drug-likeness (QED) is 0.154. The van der Waals surface area contributed by atoms with Gasteiger partial charge in [0.1, 0.15) is 18.1 Å². The van der Waals surface area contributed by atoms with Gasteiger partial charge < -0.3 is 30.2 Å². The third-order valence-corrected chi connectivity index (χ3v) is 5.69. The molecule has 3 amide bonds. The van der Waals surface area contributed by atoms with Gasteiger partial charge in [0.05, 0.1) is 41.0 Å². The van der Waals surface area contributed by atoms with E-state index >= 15 is 0 Å². The largest absolute Gasteiger partial charge is 0.467 e. The first-order valence-corrected chi connectivity index (χ1v) is 13.5. The Morgan fingerprint density at radius 1 is 0.500 bits per heavy atom. The molecule has 0 saturated carbocycles. The van der Waals surface area contributed by atoms with Crippen LogP contribution in [0.15, 0.2) is 0 Å². The van der Waals surface area contributed by atoms with Crippen LogP contribution in [0, 0.1) is 17.8 Å². The second-order valence-electron chi connectivity index (χ2n) is 11.0. The second kappa shape index (κ2) is 19.0. The molecule has 0 bridgehead atoms. The summed E-state index contributed by atoms with van der Waals surface area (Å²) in [4.78, 5) is 76.4. The van der Waals surface area contributed by atoms with Gasteiger partial charge in [0.2, 0.25) is 17.7 Å². The highest BCUT2D eigenvalue weighted by atomic mass is 16.5. The van der Waals surface area contributed by atoms with E-state index in [-0.39, 0.29) is 17.8 Å². The number of esters is 3. The first-order valence-electron chi connectivity index (χ1n) is 13.5. The van der Waals surface area contributed by atoms with E-state index in [1.54, 1.807) is 0 Å². The Balaban J connectivity index is 5.78. The van der Waals surface area contributed by atoms with E-state index in [9.17, 15) is 28.8 Å². The van der Waals surface area contributed by atoms with Crippen molar-refractivity contribution in [3.63, 3.8) is 0 Å². The smallest absolute Gasteiger partial charge is 0.328 e. The Morgan fingerprint density at radius 2 is 0.725 bits per heavy atom. The van der Waals surface area contributed by atoms with E-state index in [0.29, 0.717) is 19.3 Å². The number of methoxy groups -OCH3 is 3. The van der Waals surface area contributed by atoms with Gasteiger partial charge in [-0.25, -0.2) is 14.4 Å². The first kappa shape index (κ1) is 36.8. The molecule has 0 saturated heterocycles. The predicted octanol–water partition coefficient (Wildman–Crippen LogP) is 0.400.